The zero-order valence-electron chi connectivity index (χ0n) is 16.8. The van der Waals surface area contributed by atoms with Gasteiger partial charge in [-0.05, 0) is 42.8 Å². The second kappa shape index (κ2) is 9.31. The number of fused-ring (bicyclic) bond motifs is 1. The Kier molecular flexibility index (Phi) is 6.56. The molecule has 0 fully saturated rings. The molecule has 0 aliphatic carbocycles. The lowest BCUT2D eigenvalue weighted by Crippen LogP contribution is -2.49. The number of carboxylic acids is 1. The van der Waals surface area contributed by atoms with Gasteiger partial charge in [0, 0.05) is 6.07 Å². The maximum atomic E-state index is 12.5. The molecule has 0 aromatic heterocycles. The van der Waals surface area contributed by atoms with Crippen LogP contribution in [0.15, 0.2) is 48.2 Å². The molecule has 0 saturated carbocycles. The first-order chi connectivity index (χ1) is 14.8. The topological polar surface area (TPSA) is 131 Å². The Bertz CT molecular complexity index is 1030. The summed E-state index contributed by atoms with van der Waals surface area (Å²) in [5.74, 6) is -0.966. The Hall–Kier alpha value is -3.85. The van der Waals surface area contributed by atoms with Crippen LogP contribution in [0, 0.1) is 0 Å². The van der Waals surface area contributed by atoms with E-state index in [4.69, 9.17) is 19.3 Å². The van der Waals surface area contributed by atoms with Crippen molar-refractivity contribution in [2.24, 2.45) is 0 Å². The number of amides is 1. The van der Waals surface area contributed by atoms with E-state index in [1.807, 2.05) is 0 Å². The summed E-state index contributed by atoms with van der Waals surface area (Å²) in [5.41, 5.74) is 1.12. The van der Waals surface area contributed by atoms with E-state index >= 15 is 0 Å². The smallest absolute Gasteiger partial charge is 0.328 e. The van der Waals surface area contributed by atoms with E-state index < -0.39 is 30.6 Å². The number of methoxy groups -OCH3 is 1. The monoisotopic (exact) mass is 427 g/mol. The molecule has 9 nitrogen and oxygen atoms in total. The van der Waals surface area contributed by atoms with E-state index in [9.17, 15) is 19.5 Å². The lowest BCUT2D eigenvalue weighted by molar-refractivity contribution is -0.145. The Labute approximate surface area is 177 Å². The minimum Gasteiger partial charge on any atom is -0.497 e. The standard InChI is InChI=1S/C22H21NO8/c1-12(24)20(22(27)28)23-19(25)11-30-15-7-8-16-17(10-15)31-18(21(16)26)9-13-3-5-14(29-2)6-4-13/h3-10,12,20,24H,11H2,1-2H3,(H,23,25)(H,27,28)/t12-,20+/m1/s1. The van der Waals surface area contributed by atoms with Crippen molar-refractivity contribution in [3.05, 3.63) is 59.4 Å². The fourth-order valence-electron chi connectivity index (χ4n) is 2.86. The van der Waals surface area contributed by atoms with Gasteiger partial charge in [-0.15, -0.1) is 0 Å². The van der Waals surface area contributed by atoms with Gasteiger partial charge >= 0.3 is 5.97 Å². The summed E-state index contributed by atoms with van der Waals surface area (Å²) in [6, 6.07) is 10.2. The van der Waals surface area contributed by atoms with Gasteiger partial charge in [-0.2, -0.15) is 0 Å². The van der Waals surface area contributed by atoms with E-state index in [0.29, 0.717) is 11.3 Å². The van der Waals surface area contributed by atoms with Crippen LogP contribution in [0.4, 0.5) is 0 Å². The molecule has 2 aromatic carbocycles. The number of allylic oxidation sites excluding steroid dienone is 1. The first kappa shape index (κ1) is 21.8. The normalized spacial score (nSPS) is 15.6. The number of carbonyl (C=O) groups is 3. The van der Waals surface area contributed by atoms with E-state index in [1.165, 1.54) is 25.1 Å². The summed E-state index contributed by atoms with van der Waals surface area (Å²) in [6.45, 7) is 0.781. The van der Waals surface area contributed by atoms with Crippen molar-refractivity contribution in [2.75, 3.05) is 13.7 Å². The molecular formula is C22H21NO8. The zero-order chi connectivity index (χ0) is 22.5. The van der Waals surface area contributed by atoms with Gasteiger partial charge in [0.25, 0.3) is 5.91 Å². The zero-order valence-corrected chi connectivity index (χ0v) is 16.8. The highest BCUT2D eigenvalue weighted by molar-refractivity contribution is 6.14. The molecule has 9 heteroatoms. The van der Waals surface area contributed by atoms with Gasteiger partial charge in [0.05, 0.1) is 18.8 Å². The maximum absolute atomic E-state index is 12.5. The molecular weight excluding hydrogens is 406 g/mol. The molecule has 0 radical (unpaired) electrons. The Morgan fingerprint density at radius 1 is 1.16 bits per heavy atom. The molecule has 0 spiro atoms. The van der Waals surface area contributed by atoms with Crippen LogP contribution in [-0.4, -0.2) is 53.7 Å². The number of Topliss-reactive ketones (excluding diaryl/α,β-unsaturated/α-hetero) is 1. The van der Waals surface area contributed by atoms with Crippen LogP contribution in [0.3, 0.4) is 0 Å². The van der Waals surface area contributed by atoms with Crippen molar-refractivity contribution < 1.29 is 38.8 Å². The molecule has 0 unspecified atom stereocenters. The maximum Gasteiger partial charge on any atom is 0.328 e. The number of hydrogen-bond acceptors (Lipinski definition) is 7. The number of ether oxygens (including phenoxy) is 3. The third kappa shape index (κ3) is 5.20. The average molecular weight is 427 g/mol. The Morgan fingerprint density at radius 2 is 1.84 bits per heavy atom. The SMILES string of the molecule is COc1ccc(C=C2Oc3cc(OCC(=O)N[C@H](C(=O)O)[C@@H](C)O)ccc3C2=O)cc1. The largest absolute Gasteiger partial charge is 0.497 e. The van der Waals surface area contributed by atoms with E-state index in [0.717, 1.165) is 5.56 Å². The number of hydrogen-bond donors (Lipinski definition) is 3. The number of rotatable bonds is 8. The fraction of sp³-hybridized carbons (Fsp3) is 0.227. The van der Waals surface area contributed by atoms with Crippen LogP contribution in [0.2, 0.25) is 0 Å². The molecule has 162 valence electrons. The molecule has 3 rings (SSSR count). The second-order valence-corrected chi connectivity index (χ2v) is 6.78. The molecule has 2 atom stereocenters. The molecule has 1 heterocycles. The minimum absolute atomic E-state index is 0.149. The Morgan fingerprint density at radius 3 is 2.45 bits per heavy atom. The quantitative estimate of drug-likeness (QED) is 0.542. The van der Waals surface area contributed by atoms with Crippen molar-refractivity contribution in [2.45, 2.75) is 19.1 Å². The summed E-state index contributed by atoms with van der Waals surface area (Å²) in [5, 5.41) is 20.6. The minimum atomic E-state index is -1.44. The van der Waals surface area contributed by atoms with Crippen molar-refractivity contribution in [1.82, 2.24) is 5.32 Å². The van der Waals surface area contributed by atoms with Gasteiger partial charge < -0.3 is 29.7 Å². The molecule has 2 aromatic rings. The number of benzene rings is 2. The summed E-state index contributed by atoms with van der Waals surface area (Å²) in [4.78, 5) is 35.5. The predicted molar refractivity (Wildman–Crippen MR) is 109 cm³/mol. The highest BCUT2D eigenvalue weighted by atomic mass is 16.5. The molecule has 1 aliphatic heterocycles. The van der Waals surface area contributed by atoms with Gasteiger partial charge in [0.2, 0.25) is 5.78 Å². The van der Waals surface area contributed by atoms with Crippen LogP contribution in [-0.2, 0) is 9.59 Å². The number of aliphatic hydroxyl groups is 1. The predicted octanol–water partition coefficient (Wildman–Crippen LogP) is 1.64. The number of carboxylic acid groups (broad SMARTS) is 1. The number of ketones is 1. The van der Waals surface area contributed by atoms with Crippen LogP contribution in [0.1, 0.15) is 22.8 Å². The summed E-state index contributed by atoms with van der Waals surface area (Å²) < 4.78 is 16.1. The first-order valence-corrected chi connectivity index (χ1v) is 9.34. The second-order valence-electron chi connectivity index (χ2n) is 6.78. The molecule has 1 aliphatic rings. The third-order valence-electron chi connectivity index (χ3n) is 4.49. The van der Waals surface area contributed by atoms with E-state index in [-0.39, 0.29) is 23.0 Å². The van der Waals surface area contributed by atoms with Crippen LogP contribution >= 0.6 is 0 Å². The third-order valence-corrected chi connectivity index (χ3v) is 4.49. The summed E-state index contributed by atoms with van der Waals surface area (Å²) in [7, 11) is 1.56. The van der Waals surface area contributed by atoms with Crippen molar-refractivity contribution in [3.63, 3.8) is 0 Å². The summed E-state index contributed by atoms with van der Waals surface area (Å²) >= 11 is 0. The van der Waals surface area contributed by atoms with E-state index in [2.05, 4.69) is 5.32 Å². The highest BCUT2D eigenvalue weighted by Crippen LogP contribution is 2.35. The molecule has 3 N–H and O–H groups in total. The van der Waals surface area contributed by atoms with Crippen LogP contribution in [0.5, 0.6) is 17.2 Å². The molecule has 0 bridgehead atoms. The first-order valence-electron chi connectivity index (χ1n) is 9.34. The average Bonchev–Trinajstić information content (AvgIpc) is 3.05. The fourth-order valence-corrected chi connectivity index (χ4v) is 2.86. The number of nitrogens with one attached hydrogen (secondary N) is 1. The van der Waals surface area contributed by atoms with E-state index in [1.54, 1.807) is 37.5 Å². The van der Waals surface area contributed by atoms with Crippen LogP contribution in [0.25, 0.3) is 6.08 Å². The lowest BCUT2D eigenvalue weighted by atomic mass is 10.1. The van der Waals surface area contributed by atoms with Gasteiger partial charge in [-0.1, -0.05) is 12.1 Å². The Balaban J connectivity index is 1.65. The number of carbonyl (C=O) groups excluding carboxylic acids is 2. The number of aliphatic carboxylic acids is 1. The van der Waals surface area contributed by atoms with Crippen molar-refractivity contribution in [3.8, 4) is 17.2 Å². The van der Waals surface area contributed by atoms with Crippen molar-refractivity contribution >= 4 is 23.7 Å². The number of aliphatic hydroxyl groups excluding tert-OH is 1. The van der Waals surface area contributed by atoms with Crippen LogP contribution < -0.4 is 19.5 Å². The lowest BCUT2D eigenvalue weighted by Gasteiger charge is -2.17. The molecule has 0 saturated heterocycles. The summed E-state index contributed by atoms with van der Waals surface area (Å²) in [6.07, 6.45) is 0.342. The van der Waals surface area contributed by atoms with Crippen molar-refractivity contribution in [1.29, 1.82) is 0 Å². The van der Waals surface area contributed by atoms with Gasteiger partial charge in [-0.3, -0.25) is 9.59 Å². The van der Waals surface area contributed by atoms with Gasteiger partial charge in [-0.25, -0.2) is 4.79 Å². The van der Waals surface area contributed by atoms with Gasteiger partial charge in [0.15, 0.2) is 18.4 Å². The molecule has 1 amide bonds. The molecule has 31 heavy (non-hydrogen) atoms. The van der Waals surface area contributed by atoms with Gasteiger partial charge in [0.1, 0.15) is 17.2 Å². The highest BCUT2D eigenvalue weighted by Gasteiger charge is 2.28.